The fourth-order valence-corrected chi connectivity index (χ4v) is 4.28. The van der Waals surface area contributed by atoms with Gasteiger partial charge in [0.05, 0.1) is 35.6 Å². The molecular weight excluding hydrogens is 454 g/mol. The molecule has 0 aliphatic heterocycles. The summed E-state index contributed by atoms with van der Waals surface area (Å²) < 4.78 is 18.4. The van der Waals surface area contributed by atoms with Crippen LogP contribution in [0.2, 0.25) is 0 Å². The van der Waals surface area contributed by atoms with E-state index in [2.05, 4.69) is 25.8 Å². The number of carboxylic acid groups (broad SMARTS) is 1. The van der Waals surface area contributed by atoms with Gasteiger partial charge in [-0.05, 0) is 56.3 Å². The summed E-state index contributed by atoms with van der Waals surface area (Å²) in [6.07, 6.45) is 3.24. The molecule has 12 nitrogen and oxygen atoms in total. The van der Waals surface area contributed by atoms with E-state index in [4.69, 9.17) is 19.0 Å². The van der Waals surface area contributed by atoms with Crippen molar-refractivity contribution in [3.05, 3.63) is 29.4 Å². The zero-order valence-corrected chi connectivity index (χ0v) is 20.4. The predicted octanol–water partition coefficient (Wildman–Crippen LogP) is 3.30. The van der Waals surface area contributed by atoms with Gasteiger partial charge in [-0.25, -0.2) is 9.67 Å². The standard InChI is InChI=1S/C23H31N7O5/c1-5-18(33-4)21-26-23(28-35-21)24-12-17-20(27-29-30(17)3)16-9-10-19(13(2)25-16)34-15-8-6-7-14(11-15)22(31)32/h9-10,14-15,18H,5-8,11-12H2,1-4H3,(H,24,28)(H,31,32)/t14?,15?,18-/m1/s1. The Morgan fingerprint density at radius 1 is 1.34 bits per heavy atom. The lowest BCUT2D eigenvalue weighted by atomic mass is 9.87. The van der Waals surface area contributed by atoms with Gasteiger partial charge < -0.3 is 24.4 Å². The van der Waals surface area contributed by atoms with Crippen LogP contribution in [-0.2, 0) is 23.1 Å². The lowest BCUT2D eigenvalue weighted by Crippen LogP contribution is -2.29. The molecule has 1 fully saturated rings. The first-order chi connectivity index (χ1) is 16.9. The number of hydrogen-bond acceptors (Lipinski definition) is 10. The fraction of sp³-hybridized carbons (Fsp3) is 0.565. The number of methoxy groups -OCH3 is 1. The molecule has 0 saturated heterocycles. The Morgan fingerprint density at radius 2 is 2.17 bits per heavy atom. The van der Waals surface area contributed by atoms with Crippen LogP contribution in [0.5, 0.6) is 5.75 Å². The zero-order chi connectivity index (χ0) is 24.9. The van der Waals surface area contributed by atoms with Crippen molar-refractivity contribution < 1.29 is 23.9 Å². The van der Waals surface area contributed by atoms with Gasteiger partial charge in [0, 0.05) is 14.2 Å². The molecule has 0 spiro atoms. The maximum Gasteiger partial charge on any atom is 0.306 e. The summed E-state index contributed by atoms with van der Waals surface area (Å²) in [5.41, 5.74) is 2.79. The summed E-state index contributed by atoms with van der Waals surface area (Å²) >= 11 is 0. The Kier molecular flexibility index (Phi) is 7.59. The third-order valence-corrected chi connectivity index (χ3v) is 6.28. The summed E-state index contributed by atoms with van der Waals surface area (Å²) in [6.45, 7) is 4.21. The number of hydrogen-bond donors (Lipinski definition) is 2. The van der Waals surface area contributed by atoms with E-state index in [9.17, 15) is 9.90 Å². The number of anilines is 1. The highest BCUT2D eigenvalue weighted by Crippen LogP contribution is 2.30. The molecular formula is C23H31N7O5. The Balaban J connectivity index is 1.45. The molecule has 3 heterocycles. The highest BCUT2D eigenvalue weighted by Gasteiger charge is 2.28. The van der Waals surface area contributed by atoms with Gasteiger partial charge >= 0.3 is 5.97 Å². The van der Waals surface area contributed by atoms with Gasteiger partial charge in [-0.15, -0.1) is 5.10 Å². The lowest BCUT2D eigenvalue weighted by molar-refractivity contribution is -0.143. The third-order valence-electron chi connectivity index (χ3n) is 6.28. The molecule has 3 atom stereocenters. The van der Waals surface area contributed by atoms with E-state index in [0.29, 0.717) is 54.1 Å². The van der Waals surface area contributed by atoms with E-state index in [-0.39, 0.29) is 18.1 Å². The molecule has 188 valence electrons. The number of aryl methyl sites for hydroxylation is 2. The van der Waals surface area contributed by atoms with E-state index in [0.717, 1.165) is 25.0 Å². The molecule has 12 heteroatoms. The van der Waals surface area contributed by atoms with Gasteiger partial charge in [0.15, 0.2) is 0 Å². The maximum absolute atomic E-state index is 11.4. The second-order valence-electron chi connectivity index (χ2n) is 8.67. The lowest BCUT2D eigenvalue weighted by Gasteiger charge is -2.27. The number of rotatable bonds is 10. The van der Waals surface area contributed by atoms with Crippen LogP contribution in [0.25, 0.3) is 11.4 Å². The minimum Gasteiger partial charge on any atom is -0.489 e. The molecule has 0 radical (unpaired) electrons. The van der Waals surface area contributed by atoms with Crippen LogP contribution in [-0.4, -0.2) is 54.4 Å². The van der Waals surface area contributed by atoms with Gasteiger partial charge in [-0.1, -0.05) is 12.1 Å². The first-order valence-corrected chi connectivity index (χ1v) is 11.8. The van der Waals surface area contributed by atoms with Crippen molar-refractivity contribution in [2.75, 3.05) is 12.4 Å². The first kappa shape index (κ1) is 24.6. The number of carbonyl (C=O) groups is 1. The maximum atomic E-state index is 11.4. The number of aliphatic carboxylic acids is 1. The Hall–Kier alpha value is -3.54. The smallest absolute Gasteiger partial charge is 0.306 e. The van der Waals surface area contributed by atoms with Crippen LogP contribution in [0.15, 0.2) is 16.7 Å². The van der Waals surface area contributed by atoms with Gasteiger partial charge in [-0.3, -0.25) is 4.79 Å². The van der Waals surface area contributed by atoms with E-state index in [1.54, 1.807) is 18.8 Å². The second kappa shape index (κ2) is 10.8. The summed E-state index contributed by atoms with van der Waals surface area (Å²) in [5.74, 6) is 0.308. The average Bonchev–Trinajstić information content (AvgIpc) is 3.46. The van der Waals surface area contributed by atoms with Crippen molar-refractivity contribution in [2.45, 2.75) is 64.7 Å². The number of ether oxygens (including phenoxy) is 2. The van der Waals surface area contributed by atoms with E-state index >= 15 is 0 Å². The van der Waals surface area contributed by atoms with Gasteiger partial charge in [0.2, 0.25) is 0 Å². The predicted molar refractivity (Wildman–Crippen MR) is 125 cm³/mol. The molecule has 1 aliphatic carbocycles. The number of nitrogens with one attached hydrogen (secondary N) is 1. The monoisotopic (exact) mass is 485 g/mol. The first-order valence-electron chi connectivity index (χ1n) is 11.8. The van der Waals surface area contributed by atoms with E-state index in [1.807, 2.05) is 26.0 Å². The molecule has 0 aromatic carbocycles. The Bertz CT molecular complexity index is 1160. The molecule has 3 aromatic heterocycles. The van der Waals surface area contributed by atoms with Crippen LogP contribution in [0.3, 0.4) is 0 Å². The number of pyridine rings is 1. The van der Waals surface area contributed by atoms with Crippen LogP contribution in [0.4, 0.5) is 5.95 Å². The fourth-order valence-electron chi connectivity index (χ4n) is 4.28. The minimum atomic E-state index is -0.756. The molecule has 2 N–H and O–H groups in total. The normalized spacial score (nSPS) is 18.9. The zero-order valence-electron chi connectivity index (χ0n) is 20.4. The van der Waals surface area contributed by atoms with E-state index in [1.165, 1.54) is 0 Å². The second-order valence-corrected chi connectivity index (χ2v) is 8.67. The summed E-state index contributed by atoms with van der Waals surface area (Å²) in [5, 5.41) is 24.9. The van der Waals surface area contributed by atoms with Gasteiger partial charge in [0.25, 0.3) is 11.8 Å². The van der Waals surface area contributed by atoms with Gasteiger partial charge in [-0.2, -0.15) is 4.98 Å². The molecule has 2 unspecified atom stereocenters. The molecule has 3 aromatic rings. The van der Waals surface area contributed by atoms with Crippen molar-refractivity contribution in [1.29, 1.82) is 0 Å². The highest BCUT2D eigenvalue weighted by atomic mass is 16.5. The van der Waals surface area contributed by atoms with Crippen molar-refractivity contribution >= 4 is 11.9 Å². The van der Waals surface area contributed by atoms with Crippen LogP contribution >= 0.6 is 0 Å². The average molecular weight is 486 g/mol. The number of carboxylic acids is 1. The molecule has 0 bridgehead atoms. The van der Waals surface area contributed by atoms with Crippen molar-refractivity contribution in [3.63, 3.8) is 0 Å². The topological polar surface area (TPSA) is 150 Å². The minimum absolute atomic E-state index is 0.127. The van der Waals surface area contributed by atoms with Crippen LogP contribution in [0, 0.1) is 12.8 Å². The molecule has 35 heavy (non-hydrogen) atoms. The molecule has 1 saturated carbocycles. The van der Waals surface area contributed by atoms with Crippen molar-refractivity contribution in [3.8, 4) is 17.1 Å². The van der Waals surface area contributed by atoms with Crippen LogP contribution < -0.4 is 10.1 Å². The van der Waals surface area contributed by atoms with E-state index < -0.39 is 5.97 Å². The largest absolute Gasteiger partial charge is 0.489 e. The Morgan fingerprint density at radius 3 is 2.89 bits per heavy atom. The van der Waals surface area contributed by atoms with Crippen molar-refractivity contribution in [1.82, 2.24) is 30.1 Å². The number of nitrogens with zero attached hydrogens (tertiary/aromatic N) is 6. The van der Waals surface area contributed by atoms with Gasteiger partial charge in [0.1, 0.15) is 17.5 Å². The SMILES string of the molecule is CC[C@@H](OC)c1nc(NCc2c(-c3ccc(OC4CCCC(C(=O)O)C4)c(C)n3)nnn2C)no1. The molecule has 1 aliphatic rings. The Labute approximate surface area is 203 Å². The summed E-state index contributed by atoms with van der Waals surface area (Å²) in [4.78, 5) is 20.4. The molecule has 0 amide bonds. The third kappa shape index (κ3) is 5.59. The number of aromatic nitrogens is 6. The summed E-state index contributed by atoms with van der Waals surface area (Å²) in [6, 6.07) is 3.69. The summed E-state index contributed by atoms with van der Waals surface area (Å²) in [7, 11) is 3.41. The quantitative estimate of drug-likeness (QED) is 0.435. The molecule has 4 rings (SSSR count). The van der Waals surface area contributed by atoms with Crippen LogP contribution in [0.1, 0.15) is 62.4 Å². The highest BCUT2D eigenvalue weighted by molar-refractivity contribution is 5.70. The van der Waals surface area contributed by atoms with Crippen molar-refractivity contribution in [2.24, 2.45) is 13.0 Å².